The highest BCUT2D eigenvalue weighted by molar-refractivity contribution is 8.00. The third kappa shape index (κ3) is 8.98. The van der Waals surface area contributed by atoms with Crippen molar-refractivity contribution in [2.45, 2.75) is 17.1 Å². The van der Waals surface area contributed by atoms with E-state index in [1.54, 1.807) is 36.4 Å². The molecule has 0 aliphatic rings. The molecular weight excluding hydrogens is 649 g/mol. The summed E-state index contributed by atoms with van der Waals surface area (Å²) in [5.41, 5.74) is 5.44. The number of aryl methyl sites for hydroxylation is 1. The molecule has 9 heteroatoms. The Morgan fingerprint density at radius 2 is 1.45 bits per heavy atom. The smallest absolute Gasteiger partial charge is 0.272 e. The number of aromatic nitrogens is 1. The van der Waals surface area contributed by atoms with Crippen molar-refractivity contribution in [2.24, 2.45) is 0 Å². The maximum Gasteiger partial charge on any atom is 0.272 e. The largest absolute Gasteiger partial charge is 0.321 e. The molecule has 0 fully saturated rings. The minimum absolute atomic E-state index is 0.0948. The first-order valence-electron chi connectivity index (χ1n) is 15.5. The predicted octanol–water partition coefficient (Wildman–Crippen LogP) is 9.00. The molecule has 0 aliphatic heterocycles. The average Bonchev–Trinajstić information content (AvgIpc) is 3.60. The third-order valence-corrected chi connectivity index (χ3v) is 9.38. The van der Waals surface area contributed by atoms with Gasteiger partial charge in [-0.15, -0.1) is 23.1 Å². The van der Waals surface area contributed by atoms with Gasteiger partial charge in [-0.1, -0.05) is 115 Å². The maximum absolute atomic E-state index is 13.7. The Morgan fingerprint density at radius 1 is 0.755 bits per heavy atom. The Bertz CT molecular complexity index is 2100. The van der Waals surface area contributed by atoms with Gasteiger partial charge in [-0.3, -0.25) is 14.4 Å². The van der Waals surface area contributed by atoms with Crippen LogP contribution in [0.2, 0.25) is 0 Å². The molecule has 0 aliphatic carbocycles. The molecule has 1 heterocycles. The van der Waals surface area contributed by atoms with Gasteiger partial charge in [-0.05, 0) is 54.5 Å². The molecular formula is C40H32N4O3S2. The number of carbonyl (C=O) groups excluding carboxylic acids is 3. The Labute approximate surface area is 293 Å². The number of rotatable bonds is 11. The molecule has 1 atom stereocenters. The van der Waals surface area contributed by atoms with Crippen LogP contribution in [0.3, 0.4) is 0 Å². The van der Waals surface area contributed by atoms with Crippen LogP contribution < -0.4 is 16.0 Å². The molecule has 7 nitrogen and oxygen atoms in total. The zero-order valence-electron chi connectivity index (χ0n) is 26.5. The number of thiazole rings is 1. The quantitative estimate of drug-likeness (QED) is 0.0937. The fraction of sp³-hybridized carbons (Fsp3) is 0.0500. The summed E-state index contributed by atoms with van der Waals surface area (Å²) in [7, 11) is 0. The second-order valence-electron chi connectivity index (χ2n) is 11.1. The SMILES string of the molecule is Cc1cccc(/C=C(/NC(=O)c2ccccc2)C(=O)Nc2cccc(SC(C(=O)Nc3nc(-c4ccccc4)cs3)c3ccccc3)c2)c1. The topological polar surface area (TPSA) is 100 Å². The van der Waals surface area contributed by atoms with Crippen LogP contribution in [0.25, 0.3) is 17.3 Å². The second kappa shape index (κ2) is 15.9. The summed E-state index contributed by atoms with van der Waals surface area (Å²) in [4.78, 5) is 45.9. The van der Waals surface area contributed by atoms with Crippen LogP contribution in [-0.2, 0) is 9.59 Å². The Balaban J connectivity index is 1.21. The van der Waals surface area contributed by atoms with E-state index in [0.29, 0.717) is 16.4 Å². The predicted molar refractivity (Wildman–Crippen MR) is 199 cm³/mol. The number of anilines is 2. The van der Waals surface area contributed by atoms with Gasteiger partial charge >= 0.3 is 0 Å². The van der Waals surface area contributed by atoms with Crippen molar-refractivity contribution in [3.63, 3.8) is 0 Å². The van der Waals surface area contributed by atoms with Crippen LogP contribution in [0.4, 0.5) is 10.8 Å². The summed E-state index contributed by atoms with van der Waals surface area (Å²) in [6, 6.07) is 43.0. The standard InChI is InChI=1S/C40H32N4O3S2/c1-27-13-11-14-28(23-27)24-34(42-37(45)31-19-9-4-10-20-31)38(46)41-32-21-12-22-33(25-32)49-36(30-17-7-3-8-18-30)39(47)44-40-43-35(26-48-40)29-15-5-2-6-16-29/h2-26,36H,1H3,(H,41,46)(H,42,45)(H,43,44,47)/b34-24+. The lowest BCUT2D eigenvalue weighted by molar-refractivity contribution is -0.116. The van der Waals surface area contributed by atoms with Gasteiger partial charge in [0.1, 0.15) is 10.9 Å². The molecule has 0 bridgehead atoms. The van der Waals surface area contributed by atoms with Gasteiger partial charge in [-0.2, -0.15) is 0 Å². The summed E-state index contributed by atoms with van der Waals surface area (Å²) < 4.78 is 0. The molecule has 0 spiro atoms. The Morgan fingerprint density at radius 3 is 2.18 bits per heavy atom. The van der Waals surface area contributed by atoms with Gasteiger partial charge in [0.15, 0.2) is 5.13 Å². The minimum atomic E-state index is -0.599. The van der Waals surface area contributed by atoms with Crippen LogP contribution in [0, 0.1) is 6.92 Å². The van der Waals surface area contributed by atoms with Crippen LogP contribution in [0.15, 0.2) is 155 Å². The highest BCUT2D eigenvalue weighted by Gasteiger charge is 2.24. The van der Waals surface area contributed by atoms with Crippen LogP contribution in [0.5, 0.6) is 0 Å². The minimum Gasteiger partial charge on any atom is -0.321 e. The van der Waals surface area contributed by atoms with Crippen molar-refractivity contribution < 1.29 is 14.4 Å². The average molecular weight is 681 g/mol. The van der Waals surface area contributed by atoms with Gasteiger partial charge in [0.2, 0.25) is 5.91 Å². The molecule has 0 radical (unpaired) electrons. The van der Waals surface area contributed by atoms with Crippen LogP contribution in [-0.4, -0.2) is 22.7 Å². The summed E-state index contributed by atoms with van der Waals surface area (Å²) in [6.07, 6.45) is 1.65. The number of nitrogens with zero attached hydrogens (tertiary/aromatic N) is 1. The number of hydrogen-bond acceptors (Lipinski definition) is 6. The molecule has 1 aromatic heterocycles. The van der Waals surface area contributed by atoms with E-state index >= 15 is 0 Å². The molecule has 3 N–H and O–H groups in total. The van der Waals surface area contributed by atoms with Crippen LogP contribution in [0.1, 0.15) is 32.3 Å². The number of nitrogens with one attached hydrogen (secondary N) is 3. The monoisotopic (exact) mass is 680 g/mol. The van der Waals surface area contributed by atoms with Gasteiger partial charge < -0.3 is 16.0 Å². The van der Waals surface area contributed by atoms with Crippen LogP contribution >= 0.6 is 23.1 Å². The number of thioether (sulfide) groups is 1. The first-order chi connectivity index (χ1) is 23.9. The molecule has 0 saturated heterocycles. The highest BCUT2D eigenvalue weighted by atomic mass is 32.2. The van der Waals surface area contributed by atoms with E-state index in [4.69, 9.17) is 0 Å². The lowest BCUT2D eigenvalue weighted by atomic mass is 10.1. The first kappa shape index (κ1) is 33.1. The lowest BCUT2D eigenvalue weighted by Gasteiger charge is -2.17. The molecule has 1 unspecified atom stereocenters. The van der Waals surface area contributed by atoms with Crippen molar-refractivity contribution in [1.29, 1.82) is 0 Å². The molecule has 242 valence electrons. The van der Waals surface area contributed by atoms with E-state index < -0.39 is 17.1 Å². The third-order valence-electron chi connectivity index (χ3n) is 7.37. The fourth-order valence-electron chi connectivity index (χ4n) is 5.00. The number of amides is 3. The zero-order chi connectivity index (χ0) is 34.0. The van der Waals surface area contributed by atoms with Gasteiger partial charge in [-0.25, -0.2) is 4.98 Å². The van der Waals surface area contributed by atoms with Crippen molar-refractivity contribution in [3.05, 3.63) is 173 Å². The first-order valence-corrected chi connectivity index (χ1v) is 17.3. The van der Waals surface area contributed by atoms with Crippen molar-refractivity contribution >= 4 is 57.7 Å². The van der Waals surface area contributed by atoms with E-state index in [2.05, 4.69) is 20.9 Å². The van der Waals surface area contributed by atoms with E-state index in [-0.39, 0.29) is 11.6 Å². The second-order valence-corrected chi connectivity index (χ2v) is 13.1. The molecule has 6 aromatic rings. The maximum atomic E-state index is 13.7. The molecule has 6 rings (SSSR count). The number of benzene rings is 5. The highest BCUT2D eigenvalue weighted by Crippen LogP contribution is 2.38. The Hall–Kier alpha value is -5.77. The summed E-state index contributed by atoms with van der Waals surface area (Å²) in [5.74, 6) is -1.10. The van der Waals surface area contributed by atoms with E-state index in [1.165, 1.54) is 23.1 Å². The van der Waals surface area contributed by atoms with Gasteiger partial charge in [0.25, 0.3) is 11.8 Å². The van der Waals surface area contributed by atoms with Crippen molar-refractivity contribution in [3.8, 4) is 11.3 Å². The van der Waals surface area contributed by atoms with Gasteiger partial charge in [0, 0.05) is 27.1 Å². The lowest BCUT2D eigenvalue weighted by Crippen LogP contribution is -2.30. The zero-order valence-corrected chi connectivity index (χ0v) is 28.1. The molecule has 0 saturated carbocycles. The van der Waals surface area contributed by atoms with Crippen molar-refractivity contribution in [2.75, 3.05) is 10.6 Å². The summed E-state index contributed by atoms with van der Waals surface area (Å²) in [5, 5.41) is 10.6. The van der Waals surface area contributed by atoms with E-state index in [0.717, 1.165) is 32.8 Å². The Kier molecular flexibility index (Phi) is 10.7. The normalized spacial score (nSPS) is 11.7. The van der Waals surface area contributed by atoms with E-state index in [9.17, 15) is 14.4 Å². The molecule has 49 heavy (non-hydrogen) atoms. The molecule has 3 amide bonds. The summed E-state index contributed by atoms with van der Waals surface area (Å²) >= 11 is 2.74. The van der Waals surface area contributed by atoms with Gasteiger partial charge in [0.05, 0.1) is 5.69 Å². The molecule has 5 aromatic carbocycles. The number of hydrogen-bond donors (Lipinski definition) is 3. The van der Waals surface area contributed by atoms with Crippen molar-refractivity contribution in [1.82, 2.24) is 10.3 Å². The van der Waals surface area contributed by atoms with E-state index in [1.807, 2.05) is 121 Å². The summed E-state index contributed by atoms with van der Waals surface area (Å²) in [6.45, 7) is 1.96. The fourth-order valence-corrected chi connectivity index (χ4v) is 6.80. The number of carbonyl (C=O) groups is 3.